The molecule has 0 aliphatic carbocycles. The molecule has 1 aliphatic rings. The van der Waals surface area contributed by atoms with Gasteiger partial charge in [-0.2, -0.15) is 4.55 Å². The van der Waals surface area contributed by atoms with E-state index in [4.69, 9.17) is 14.9 Å². The maximum absolute atomic E-state index is 11.9. The largest absolute Gasteiger partial charge is 0.381 e. The van der Waals surface area contributed by atoms with Crippen LogP contribution in [0.2, 0.25) is 0 Å². The van der Waals surface area contributed by atoms with Crippen LogP contribution in [0.25, 0.3) is 33.4 Å². The molecule has 3 heterocycles. The fourth-order valence-electron chi connectivity index (χ4n) is 5.54. The molecule has 0 amide bonds. The first-order valence-corrected chi connectivity index (χ1v) is 15.0. The number of rotatable bonds is 7. The summed E-state index contributed by atoms with van der Waals surface area (Å²) in [5, 5.41) is 15.6. The summed E-state index contributed by atoms with van der Waals surface area (Å²) in [4.78, 5) is 5.14. The van der Waals surface area contributed by atoms with Crippen molar-refractivity contribution in [2.24, 2.45) is 11.1 Å². The highest BCUT2D eigenvalue weighted by molar-refractivity contribution is 7.95. The van der Waals surface area contributed by atoms with E-state index in [2.05, 4.69) is 28.8 Å². The summed E-state index contributed by atoms with van der Waals surface area (Å²) in [5.41, 5.74) is 6.06. The van der Waals surface area contributed by atoms with E-state index < -0.39 is 10.4 Å². The number of ether oxygens (including phenoxy) is 1. The van der Waals surface area contributed by atoms with Crippen molar-refractivity contribution in [3.8, 4) is 22.4 Å². The Morgan fingerprint density at radius 2 is 1.57 bits per heavy atom. The van der Waals surface area contributed by atoms with Gasteiger partial charge in [0.05, 0.1) is 17.4 Å². The summed E-state index contributed by atoms with van der Waals surface area (Å²) in [5.74, 6) is 0.445. The van der Waals surface area contributed by atoms with Crippen molar-refractivity contribution in [3.05, 3.63) is 102 Å². The number of nitrogens with two attached hydrogens (primary N) is 1. The molecule has 1 aliphatic heterocycles. The van der Waals surface area contributed by atoms with E-state index in [0.717, 1.165) is 71.6 Å². The van der Waals surface area contributed by atoms with Gasteiger partial charge in [-0.25, -0.2) is 4.98 Å². The van der Waals surface area contributed by atoms with Crippen LogP contribution >= 0.6 is 0 Å². The molecule has 1 unspecified atom stereocenters. The minimum absolute atomic E-state index is 0.183. The molecule has 0 saturated carbocycles. The van der Waals surface area contributed by atoms with Gasteiger partial charge in [0.25, 0.3) is 0 Å². The van der Waals surface area contributed by atoms with E-state index in [9.17, 15) is 14.2 Å². The van der Waals surface area contributed by atoms with Gasteiger partial charge in [-0.15, -0.1) is 5.14 Å². The molecule has 0 radical (unpaired) electrons. The van der Waals surface area contributed by atoms with Gasteiger partial charge in [0.2, 0.25) is 4.90 Å². The van der Waals surface area contributed by atoms with E-state index in [0.29, 0.717) is 18.0 Å². The standard InChI is InChI=1S/C31H31N5O3S/c32-30-28-27(24-7-3-1-4-8-24)29(25-9-5-2-6-10-25)36(20-22-11-13-26(14-12-22)40(33,37)38)31(28)34-21-35(30)19-23-15-17-39-18-16-23/h1-14,21,23,32H,15-20H2,(H2-,33,37,38)/p+1. The van der Waals surface area contributed by atoms with E-state index in [-0.39, 0.29) is 4.90 Å². The first-order valence-electron chi connectivity index (χ1n) is 13.4. The second-order valence-electron chi connectivity index (χ2n) is 10.3. The molecule has 1 atom stereocenters. The molecule has 0 spiro atoms. The lowest BCUT2D eigenvalue weighted by Gasteiger charge is -2.23. The van der Waals surface area contributed by atoms with Crippen LogP contribution in [0.5, 0.6) is 0 Å². The Morgan fingerprint density at radius 1 is 0.950 bits per heavy atom. The summed E-state index contributed by atoms with van der Waals surface area (Å²) in [7, 11) is -3.54. The van der Waals surface area contributed by atoms with Crippen LogP contribution in [-0.2, 0) is 32.4 Å². The predicted molar refractivity (Wildman–Crippen MR) is 157 cm³/mol. The quantitative estimate of drug-likeness (QED) is 0.236. The van der Waals surface area contributed by atoms with Crippen LogP contribution in [0.3, 0.4) is 0 Å². The SMILES string of the molecule is N=c1c2c(-c3ccccc3)c(-c3ccccc3)n(Cc3ccc([S+](N)(=O)O)cc3)c2ncn1CC1CCOCC1. The Kier molecular flexibility index (Phi) is 7.20. The number of fused-ring (bicyclic) bond motifs is 1. The van der Waals surface area contributed by atoms with E-state index in [1.54, 1.807) is 18.5 Å². The van der Waals surface area contributed by atoms with E-state index in [1.165, 1.54) is 0 Å². The minimum Gasteiger partial charge on any atom is -0.381 e. The summed E-state index contributed by atoms with van der Waals surface area (Å²) < 4.78 is 31.4. The topological polar surface area (TPSA) is 119 Å². The number of hydrogen-bond donors (Lipinski definition) is 3. The number of hydrogen-bond acceptors (Lipinski definition) is 4. The van der Waals surface area contributed by atoms with Crippen molar-refractivity contribution in [2.45, 2.75) is 30.8 Å². The first-order chi connectivity index (χ1) is 19.4. The molecule has 3 aromatic carbocycles. The van der Waals surface area contributed by atoms with Gasteiger partial charge in [-0.3, -0.25) is 5.41 Å². The maximum Gasteiger partial charge on any atom is 0.320 e. The second-order valence-corrected chi connectivity index (χ2v) is 11.9. The Hall–Kier alpha value is -3.89. The van der Waals surface area contributed by atoms with Gasteiger partial charge in [-0.1, -0.05) is 72.8 Å². The van der Waals surface area contributed by atoms with Gasteiger partial charge in [0.15, 0.2) is 0 Å². The van der Waals surface area contributed by atoms with Crippen LogP contribution in [0, 0.1) is 11.3 Å². The fourth-order valence-corrected chi connectivity index (χ4v) is 6.07. The second kappa shape index (κ2) is 10.9. The van der Waals surface area contributed by atoms with Gasteiger partial charge in [-0.05, 0) is 51.8 Å². The van der Waals surface area contributed by atoms with Crippen molar-refractivity contribution in [1.29, 1.82) is 5.41 Å². The zero-order valence-electron chi connectivity index (χ0n) is 22.1. The number of benzene rings is 3. The molecule has 2 aromatic heterocycles. The Labute approximate surface area is 234 Å². The van der Waals surface area contributed by atoms with E-state index in [1.807, 2.05) is 53.1 Å². The third-order valence-electron chi connectivity index (χ3n) is 7.59. The third-order valence-corrected chi connectivity index (χ3v) is 8.53. The lowest BCUT2D eigenvalue weighted by atomic mass is 9.98. The summed E-state index contributed by atoms with van der Waals surface area (Å²) in [6.07, 6.45) is 3.75. The first kappa shape index (κ1) is 26.3. The van der Waals surface area contributed by atoms with Crippen LogP contribution in [-0.4, -0.2) is 31.9 Å². The minimum atomic E-state index is -3.54. The normalized spacial score (nSPS) is 15.8. The average molecular weight is 555 g/mol. The van der Waals surface area contributed by atoms with Crippen LogP contribution in [0.1, 0.15) is 18.4 Å². The zero-order valence-corrected chi connectivity index (χ0v) is 22.9. The summed E-state index contributed by atoms with van der Waals surface area (Å²) >= 11 is 0. The molecule has 0 bridgehead atoms. The van der Waals surface area contributed by atoms with Crippen molar-refractivity contribution in [3.63, 3.8) is 0 Å². The van der Waals surface area contributed by atoms with Crippen molar-refractivity contribution >= 4 is 21.4 Å². The molecule has 1 fully saturated rings. The van der Waals surface area contributed by atoms with Crippen molar-refractivity contribution in [1.82, 2.24) is 14.1 Å². The molecule has 8 nitrogen and oxygen atoms in total. The van der Waals surface area contributed by atoms with Gasteiger partial charge in [0.1, 0.15) is 11.1 Å². The highest BCUT2D eigenvalue weighted by Gasteiger charge is 2.25. The molecule has 4 N–H and O–H groups in total. The van der Waals surface area contributed by atoms with Gasteiger partial charge < -0.3 is 13.9 Å². The van der Waals surface area contributed by atoms with Gasteiger partial charge >= 0.3 is 10.4 Å². The third kappa shape index (κ3) is 5.16. The molecule has 6 rings (SSSR count). The smallest absolute Gasteiger partial charge is 0.320 e. The average Bonchev–Trinajstić information content (AvgIpc) is 3.30. The van der Waals surface area contributed by atoms with Crippen molar-refractivity contribution in [2.75, 3.05) is 13.2 Å². The van der Waals surface area contributed by atoms with Crippen LogP contribution in [0.4, 0.5) is 0 Å². The molecular weight excluding hydrogens is 522 g/mol. The van der Waals surface area contributed by atoms with Crippen LogP contribution in [0.15, 0.2) is 96.2 Å². The molecule has 40 heavy (non-hydrogen) atoms. The van der Waals surface area contributed by atoms with Gasteiger partial charge in [0, 0.05) is 31.9 Å². The number of nitrogens with one attached hydrogen (secondary N) is 1. The molecule has 1 saturated heterocycles. The zero-order chi connectivity index (χ0) is 27.7. The lowest BCUT2D eigenvalue weighted by Crippen LogP contribution is -2.28. The highest BCUT2D eigenvalue weighted by atomic mass is 32.3. The number of nitrogens with zero attached hydrogens (tertiary/aromatic N) is 3. The maximum atomic E-state index is 11.9. The molecule has 5 aromatic rings. The fraction of sp³-hybridized carbons (Fsp3) is 0.226. The number of aromatic nitrogens is 3. The molecule has 204 valence electrons. The summed E-state index contributed by atoms with van der Waals surface area (Å²) in [6.45, 7) is 2.70. The van der Waals surface area contributed by atoms with Crippen LogP contribution < -0.4 is 10.6 Å². The molecular formula is C31H32N5O3S+. The lowest BCUT2D eigenvalue weighted by molar-refractivity contribution is 0.0608. The Morgan fingerprint density at radius 3 is 2.20 bits per heavy atom. The Balaban J connectivity index is 1.58. The summed E-state index contributed by atoms with van der Waals surface area (Å²) in [6, 6.07) is 27.2. The predicted octanol–water partition coefficient (Wildman–Crippen LogP) is 5.33. The molecule has 9 heteroatoms. The van der Waals surface area contributed by atoms with Crippen molar-refractivity contribution < 1.29 is 13.5 Å². The Bertz CT molecular complexity index is 1740. The monoisotopic (exact) mass is 554 g/mol. The highest BCUT2D eigenvalue weighted by Crippen LogP contribution is 2.39. The van der Waals surface area contributed by atoms with E-state index >= 15 is 0 Å².